The third-order valence-electron chi connectivity index (χ3n) is 2.55. The second-order valence-corrected chi connectivity index (χ2v) is 6.80. The summed E-state index contributed by atoms with van der Waals surface area (Å²) in [5.74, 6) is -2.44. The van der Waals surface area contributed by atoms with E-state index in [2.05, 4.69) is 20.4 Å². The molecule has 0 radical (unpaired) electrons. The Balaban J connectivity index is 2.61. The Kier molecular flexibility index (Phi) is 7.04. The summed E-state index contributed by atoms with van der Waals surface area (Å²) in [6.45, 7) is 8.24. The number of nitrogens with one attached hydrogen (secondary N) is 2. The highest BCUT2D eigenvalue weighted by Gasteiger charge is 2.23. The molecule has 1 aromatic rings. The number of hydrogen-bond donors (Lipinski definition) is 2. The Labute approximate surface area is 149 Å². The van der Waals surface area contributed by atoms with E-state index in [9.17, 15) is 19.2 Å². The van der Waals surface area contributed by atoms with Gasteiger partial charge in [0.2, 0.25) is 5.91 Å². The molecule has 0 aliphatic carbocycles. The van der Waals surface area contributed by atoms with Crippen molar-refractivity contribution in [2.75, 3.05) is 11.9 Å². The van der Waals surface area contributed by atoms with Gasteiger partial charge in [0, 0.05) is 5.38 Å². The number of hydrogen-bond acceptors (Lipinski definition) is 8. The first kappa shape index (κ1) is 20.6. The molecule has 1 heterocycles. The molecular weight excluding hydrogens is 350 g/mol. The van der Waals surface area contributed by atoms with E-state index in [1.54, 1.807) is 27.7 Å². The predicted molar refractivity (Wildman–Crippen MR) is 90.5 cm³/mol. The number of ketones is 1. The van der Waals surface area contributed by atoms with Crippen molar-refractivity contribution in [2.45, 2.75) is 46.3 Å². The first-order chi connectivity index (χ1) is 11.5. The molecule has 0 unspecified atom stereocenters. The van der Waals surface area contributed by atoms with Crippen LogP contribution in [0.2, 0.25) is 0 Å². The highest BCUT2D eigenvalue weighted by Crippen LogP contribution is 2.16. The lowest BCUT2D eigenvalue weighted by Crippen LogP contribution is -2.43. The van der Waals surface area contributed by atoms with Crippen LogP contribution in [-0.4, -0.2) is 47.0 Å². The van der Waals surface area contributed by atoms with Crippen molar-refractivity contribution in [3.63, 3.8) is 0 Å². The third kappa shape index (κ3) is 6.87. The SMILES string of the molecule is CCOC(=O)C(=O)c1csc(NC(=O)[C@H](C)NC(=O)OC(C)(C)C)n1. The van der Waals surface area contributed by atoms with E-state index >= 15 is 0 Å². The number of alkyl carbamates (subject to hydrolysis) is 1. The van der Waals surface area contributed by atoms with E-state index in [1.165, 1.54) is 12.3 Å². The van der Waals surface area contributed by atoms with Crippen molar-refractivity contribution >= 4 is 40.2 Å². The van der Waals surface area contributed by atoms with E-state index in [1.807, 2.05) is 0 Å². The lowest BCUT2D eigenvalue weighted by molar-refractivity contribution is -0.137. The fraction of sp³-hybridized carbons (Fsp3) is 0.533. The van der Waals surface area contributed by atoms with Gasteiger partial charge in [0.15, 0.2) is 5.13 Å². The van der Waals surface area contributed by atoms with Gasteiger partial charge in [-0.1, -0.05) is 0 Å². The predicted octanol–water partition coefficient (Wildman–Crippen LogP) is 1.74. The summed E-state index contributed by atoms with van der Waals surface area (Å²) in [4.78, 5) is 50.6. The molecule has 25 heavy (non-hydrogen) atoms. The average molecular weight is 371 g/mol. The summed E-state index contributed by atoms with van der Waals surface area (Å²) in [5.41, 5.74) is -0.802. The fourth-order valence-corrected chi connectivity index (χ4v) is 2.19. The minimum absolute atomic E-state index is 0.0755. The van der Waals surface area contributed by atoms with Crippen LogP contribution in [0.25, 0.3) is 0 Å². The number of esters is 1. The number of ether oxygens (including phenoxy) is 2. The van der Waals surface area contributed by atoms with Crippen molar-refractivity contribution in [3.05, 3.63) is 11.1 Å². The first-order valence-electron chi connectivity index (χ1n) is 7.51. The topological polar surface area (TPSA) is 124 Å². The molecule has 0 fully saturated rings. The van der Waals surface area contributed by atoms with E-state index in [0.29, 0.717) is 0 Å². The highest BCUT2D eigenvalue weighted by molar-refractivity contribution is 7.14. The lowest BCUT2D eigenvalue weighted by atomic mass is 10.2. The van der Waals surface area contributed by atoms with Crippen molar-refractivity contribution < 1.29 is 28.7 Å². The Hall–Kier alpha value is -2.49. The van der Waals surface area contributed by atoms with Gasteiger partial charge >= 0.3 is 12.1 Å². The molecule has 9 nitrogen and oxygen atoms in total. The summed E-state index contributed by atoms with van der Waals surface area (Å²) in [5, 5.41) is 6.29. The molecular formula is C15H21N3O6S. The van der Waals surface area contributed by atoms with Crippen molar-refractivity contribution in [3.8, 4) is 0 Å². The second kappa shape index (κ2) is 8.56. The van der Waals surface area contributed by atoms with Gasteiger partial charge in [-0.2, -0.15) is 0 Å². The molecule has 1 aromatic heterocycles. The number of nitrogens with zero attached hydrogens (tertiary/aromatic N) is 1. The highest BCUT2D eigenvalue weighted by atomic mass is 32.1. The van der Waals surface area contributed by atoms with Crippen LogP contribution in [0.3, 0.4) is 0 Å². The molecule has 0 aliphatic heterocycles. The van der Waals surface area contributed by atoms with Gasteiger partial charge in [0.05, 0.1) is 6.61 Å². The van der Waals surface area contributed by atoms with E-state index in [-0.39, 0.29) is 17.4 Å². The van der Waals surface area contributed by atoms with Crippen LogP contribution in [0.4, 0.5) is 9.93 Å². The Morgan fingerprint density at radius 3 is 2.48 bits per heavy atom. The van der Waals surface area contributed by atoms with Crippen molar-refractivity contribution in [2.24, 2.45) is 0 Å². The maximum Gasteiger partial charge on any atom is 0.408 e. The zero-order chi connectivity index (χ0) is 19.2. The molecule has 1 atom stereocenters. The number of aromatic nitrogens is 1. The zero-order valence-electron chi connectivity index (χ0n) is 14.7. The molecule has 138 valence electrons. The summed E-state index contributed by atoms with van der Waals surface area (Å²) < 4.78 is 9.65. The van der Waals surface area contributed by atoms with Crippen LogP contribution in [0, 0.1) is 0 Å². The molecule has 0 aliphatic rings. The summed E-state index contributed by atoms with van der Waals surface area (Å²) in [6, 6.07) is -0.886. The van der Waals surface area contributed by atoms with Gasteiger partial charge < -0.3 is 20.1 Å². The number of rotatable bonds is 6. The molecule has 0 aromatic carbocycles. The van der Waals surface area contributed by atoms with Gasteiger partial charge in [-0.3, -0.25) is 9.59 Å². The number of anilines is 1. The van der Waals surface area contributed by atoms with Crippen LogP contribution in [0.5, 0.6) is 0 Å². The van der Waals surface area contributed by atoms with Crippen molar-refractivity contribution in [1.29, 1.82) is 0 Å². The fourth-order valence-electron chi connectivity index (χ4n) is 1.50. The molecule has 0 saturated carbocycles. The molecule has 10 heteroatoms. The normalized spacial score (nSPS) is 12.0. The van der Waals surface area contributed by atoms with Crippen LogP contribution >= 0.6 is 11.3 Å². The van der Waals surface area contributed by atoms with Crippen LogP contribution in [-0.2, 0) is 19.1 Å². The van der Waals surface area contributed by atoms with Crippen LogP contribution in [0.1, 0.15) is 45.1 Å². The monoisotopic (exact) mass is 371 g/mol. The average Bonchev–Trinajstić information content (AvgIpc) is 2.92. The minimum atomic E-state index is -1.01. The van der Waals surface area contributed by atoms with E-state index < -0.39 is 35.4 Å². The van der Waals surface area contributed by atoms with Gasteiger partial charge in [0.25, 0.3) is 5.78 Å². The zero-order valence-corrected chi connectivity index (χ0v) is 15.5. The van der Waals surface area contributed by atoms with Gasteiger partial charge in [0.1, 0.15) is 17.3 Å². The quantitative estimate of drug-likeness (QED) is 0.443. The summed E-state index contributed by atoms with van der Waals surface area (Å²) >= 11 is 0.972. The molecule has 0 bridgehead atoms. The van der Waals surface area contributed by atoms with Gasteiger partial charge in [-0.15, -0.1) is 11.3 Å². The number of carbonyl (C=O) groups is 4. The van der Waals surface area contributed by atoms with Crippen LogP contribution < -0.4 is 10.6 Å². The summed E-state index contributed by atoms with van der Waals surface area (Å²) in [7, 11) is 0. The number of carbonyl (C=O) groups excluding carboxylic acids is 4. The first-order valence-corrected chi connectivity index (χ1v) is 8.38. The second-order valence-electron chi connectivity index (χ2n) is 5.94. The maximum absolute atomic E-state index is 12.0. The molecule has 2 N–H and O–H groups in total. The standard InChI is InChI=1S/C15H21N3O6S/c1-6-23-12(21)10(19)9-7-25-13(17-9)18-11(20)8(2)16-14(22)24-15(3,4)5/h7-8H,6H2,1-5H3,(H,16,22)(H,17,18,20)/t8-/m0/s1. The van der Waals surface area contributed by atoms with Gasteiger partial charge in [-0.25, -0.2) is 14.6 Å². The van der Waals surface area contributed by atoms with Crippen molar-refractivity contribution in [1.82, 2.24) is 10.3 Å². The Morgan fingerprint density at radius 2 is 1.92 bits per heavy atom. The molecule has 0 spiro atoms. The third-order valence-corrected chi connectivity index (χ3v) is 3.31. The molecule has 0 saturated heterocycles. The number of thiazole rings is 1. The smallest absolute Gasteiger partial charge is 0.408 e. The number of amides is 2. The Morgan fingerprint density at radius 1 is 1.28 bits per heavy atom. The number of Topliss-reactive ketones (excluding diaryl/α,β-unsaturated/α-hetero) is 1. The van der Waals surface area contributed by atoms with E-state index in [4.69, 9.17) is 4.74 Å². The van der Waals surface area contributed by atoms with Gasteiger partial charge in [-0.05, 0) is 34.6 Å². The molecule has 1 rings (SSSR count). The van der Waals surface area contributed by atoms with Crippen LogP contribution in [0.15, 0.2) is 5.38 Å². The minimum Gasteiger partial charge on any atom is -0.460 e. The lowest BCUT2D eigenvalue weighted by Gasteiger charge is -2.21. The largest absolute Gasteiger partial charge is 0.460 e. The maximum atomic E-state index is 12.0. The Bertz CT molecular complexity index is 664. The molecule has 2 amide bonds. The summed E-state index contributed by atoms with van der Waals surface area (Å²) in [6.07, 6.45) is -0.729. The van der Waals surface area contributed by atoms with E-state index in [0.717, 1.165) is 11.3 Å².